The fraction of sp³-hybridized carbons (Fsp3) is 0.333. The molecule has 0 saturated carbocycles. The van der Waals surface area contributed by atoms with Crippen molar-refractivity contribution in [1.29, 1.82) is 0 Å². The van der Waals surface area contributed by atoms with Crippen LogP contribution in [0.1, 0.15) is 35.8 Å². The van der Waals surface area contributed by atoms with Gasteiger partial charge >= 0.3 is 5.97 Å². The van der Waals surface area contributed by atoms with Crippen LogP contribution in [-0.2, 0) is 6.42 Å². The van der Waals surface area contributed by atoms with E-state index in [1.807, 2.05) is 30.3 Å². The van der Waals surface area contributed by atoms with Gasteiger partial charge in [0.1, 0.15) is 0 Å². The number of carboxylic acids is 1. The number of nitrogens with zero attached hydrogens (tertiary/aromatic N) is 1. The molecule has 0 aliphatic carbocycles. The summed E-state index contributed by atoms with van der Waals surface area (Å²) in [5.41, 5.74) is 1.10. The lowest BCUT2D eigenvalue weighted by atomic mass is 10.1. The van der Waals surface area contributed by atoms with Crippen LogP contribution in [-0.4, -0.2) is 16.1 Å². The predicted octanol–water partition coefficient (Wildman–Crippen LogP) is 4.10. The first kappa shape index (κ1) is 13.7. The van der Waals surface area contributed by atoms with E-state index in [0.717, 1.165) is 28.3 Å². The van der Waals surface area contributed by atoms with Crippen molar-refractivity contribution in [1.82, 2.24) is 4.98 Å². The fourth-order valence-corrected chi connectivity index (χ4v) is 2.89. The van der Waals surface area contributed by atoms with Crippen molar-refractivity contribution in [3.05, 3.63) is 41.0 Å². The van der Waals surface area contributed by atoms with Crippen molar-refractivity contribution in [2.24, 2.45) is 5.92 Å². The largest absolute Gasteiger partial charge is 0.476 e. The Kier molecular flexibility index (Phi) is 4.32. The lowest BCUT2D eigenvalue weighted by molar-refractivity contribution is 0.0692. The maximum atomic E-state index is 11.3. The second-order valence-corrected chi connectivity index (χ2v) is 5.97. The first-order chi connectivity index (χ1) is 9.08. The molecule has 0 spiro atoms. The fourth-order valence-electron chi connectivity index (χ4n) is 1.81. The highest BCUT2D eigenvalue weighted by atomic mass is 32.1. The minimum atomic E-state index is -0.953. The Balaban J connectivity index is 2.34. The van der Waals surface area contributed by atoms with Gasteiger partial charge in [-0.05, 0) is 24.3 Å². The van der Waals surface area contributed by atoms with Gasteiger partial charge in [-0.25, -0.2) is 9.78 Å². The highest BCUT2D eigenvalue weighted by Gasteiger charge is 2.18. The Morgan fingerprint density at radius 2 is 2.00 bits per heavy atom. The van der Waals surface area contributed by atoms with Crippen LogP contribution in [0.25, 0.3) is 10.4 Å². The number of carbonyl (C=O) groups is 1. The molecule has 1 aromatic carbocycles. The third-order valence-electron chi connectivity index (χ3n) is 2.85. The molecule has 0 aliphatic rings. The number of thiazole rings is 1. The summed E-state index contributed by atoms with van der Waals surface area (Å²) in [6, 6.07) is 9.59. The van der Waals surface area contributed by atoms with Crippen LogP contribution in [0.3, 0.4) is 0 Å². The second kappa shape index (κ2) is 5.97. The zero-order valence-corrected chi connectivity index (χ0v) is 11.9. The van der Waals surface area contributed by atoms with Crippen LogP contribution in [0.4, 0.5) is 0 Å². The van der Waals surface area contributed by atoms with Crippen molar-refractivity contribution in [3.63, 3.8) is 0 Å². The van der Waals surface area contributed by atoms with E-state index in [9.17, 15) is 9.90 Å². The minimum Gasteiger partial charge on any atom is -0.476 e. The van der Waals surface area contributed by atoms with Crippen molar-refractivity contribution in [3.8, 4) is 10.4 Å². The SMILES string of the molecule is CC(C)CCc1nc(C(=O)O)c(-c2ccccc2)s1. The molecule has 4 heteroatoms. The normalized spacial score (nSPS) is 10.9. The van der Waals surface area contributed by atoms with E-state index in [1.165, 1.54) is 11.3 Å². The lowest BCUT2D eigenvalue weighted by Gasteiger charge is -2.00. The summed E-state index contributed by atoms with van der Waals surface area (Å²) in [4.78, 5) is 16.3. The van der Waals surface area contributed by atoms with Gasteiger partial charge in [-0.3, -0.25) is 0 Å². The Bertz CT molecular complexity index is 561. The summed E-state index contributed by atoms with van der Waals surface area (Å²) in [6.45, 7) is 4.31. The van der Waals surface area contributed by atoms with Gasteiger partial charge in [-0.1, -0.05) is 44.2 Å². The lowest BCUT2D eigenvalue weighted by Crippen LogP contribution is -1.99. The molecule has 0 amide bonds. The standard InChI is InChI=1S/C15H17NO2S/c1-10(2)8-9-12-16-13(15(17)18)14(19-12)11-6-4-3-5-7-11/h3-7,10H,8-9H2,1-2H3,(H,17,18). The van der Waals surface area contributed by atoms with E-state index in [1.54, 1.807) is 0 Å². The van der Waals surface area contributed by atoms with E-state index < -0.39 is 5.97 Å². The molecule has 0 bridgehead atoms. The number of carboxylic acid groups (broad SMARTS) is 1. The average Bonchev–Trinajstić information content (AvgIpc) is 2.82. The van der Waals surface area contributed by atoms with Crippen LogP contribution in [0.2, 0.25) is 0 Å². The predicted molar refractivity (Wildman–Crippen MR) is 77.7 cm³/mol. The van der Waals surface area contributed by atoms with E-state index >= 15 is 0 Å². The van der Waals surface area contributed by atoms with Crippen LogP contribution in [0.5, 0.6) is 0 Å². The minimum absolute atomic E-state index is 0.176. The number of rotatable bonds is 5. The molecule has 0 radical (unpaired) electrons. The van der Waals surface area contributed by atoms with Gasteiger partial charge in [-0.2, -0.15) is 0 Å². The molecule has 0 atom stereocenters. The average molecular weight is 275 g/mol. The molecule has 2 aromatic rings. The number of aromatic nitrogens is 1. The Morgan fingerprint density at radius 1 is 1.32 bits per heavy atom. The second-order valence-electron chi connectivity index (χ2n) is 4.89. The quantitative estimate of drug-likeness (QED) is 0.893. The molecule has 2 rings (SSSR count). The van der Waals surface area contributed by atoms with Gasteiger partial charge in [0.15, 0.2) is 5.69 Å². The third kappa shape index (κ3) is 3.41. The Hall–Kier alpha value is -1.68. The van der Waals surface area contributed by atoms with Crippen LogP contribution >= 0.6 is 11.3 Å². The van der Waals surface area contributed by atoms with Gasteiger partial charge in [0.05, 0.1) is 9.88 Å². The monoisotopic (exact) mass is 275 g/mol. The number of aromatic carboxylic acids is 1. The number of hydrogen-bond acceptors (Lipinski definition) is 3. The van der Waals surface area contributed by atoms with Crippen LogP contribution in [0, 0.1) is 5.92 Å². The summed E-state index contributed by atoms with van der Waals surface area (Å²) < 4.78 is 0. The number of hydrogen-bond donors (Lipinski definition) is 1. The molecule has 19 heavy (non-hydrogen) atoms. The van der Waals surface area contributed by atoms with Crippen molar-refractivity contribution in [2.45, 2.75) is 26.7 Å². The molecular weight excluding hydrogens is 258 g/mol. The zero-order valence-electron chi connectivity index (χ0n) is 11.1. The number of benzene rings is 1. The summed E-state index contributed by atoms with van der Waals surface area (Å²) in [6.07, 6.45) is 1.87. The smallest absolute Gasteiger partial charge is 0.356 e. The molecule has 0 fully saturated rings. The summed E-state index contributed by atoms with van der Waals surface area (Å²) in [7, 11) is 0. The van der Waals surface area contributed by atoms with Gasteiger partial charge in [0, 0.05) is 0 Å². The molecule has 1 heterocycles. The molecule has 3 nitrogen and oxygen atoms in total. The maximum absolute atomic E-state index is 11.3. The molecule has 0 unspecified atom stereocenters. The highest BCUT2D eigenvalue weighted by Crippen LogP contribution is 2.31. The molecule has 0 saturated heterocycles. The van der Waals surface area contributed by atoms with Crippen molar-refractivity contribution < 1.29 is 9.90 Å². The van der Waals surface area contributed by atoms with Gasteiger partial charge in [-0.15, -0.1) is 11.3 Å². The maximum Gasteiger partial charge on any atom is 0.356 e. The van der Waals surface area contributed by atoms with E-state index in [2.05, 4.69) is 18.8 Å². The zero-order chi connectivity index (χ0) is 13.8. The Morgan fingerprint density at radius 3 is 2.58 bits per heavy atom. The van der Waals surface area contributed by atoms with E-state index in [-0.39, 0.29) is 5.69 Å². The van der Waals surface area contributed by atoms with Crippen LogP contribution < -0.4 is 0 Å². The molecule has 1 N–H and O–H groups in total. The molecule has 1 aromatic heterocycles. The van der Waals surface area contributed by atoms with E-state index in [4.69, 9.17) is 0 Å². The number of aryl methyl sites for hydroxylation is 1. The first-order valence-electron chi connectivity index (χ1n) is 6.36. The summed E-state index contributed by atoms with van der Waals surface area (Å²) >= 11 is 1.49. The summed E-state index contributed by atoms with van der Waals surface area (Å²) in [5, 5.41) is 10.2. The Labute approximate surface area is 116 Å². The van der Waals surface area contributed by atoms with Crippen LogP contribution in [0.15, 0.2) is 30.3 Å². The molecule has 100 valence electrons. The first-order valence-corrected chi connectivity index (χ1v) is 7.18. The van der Waals surface area contributed by atoms with Gasteiger partial charge < -0.3 is 5.11 Å². The highest BCUT2D eigenvalue weighted by molar-refractivity contribution is 7.15. The molecule has 0 aliphatic heterocycles. The van der Waals surface area contributed by atoms with E-state index in [0.29, 0.717) is 5.92 Å². The van der Waals surface area contributed by atoms with Gasteiger partial charge in [0.25, 0.3) is 0 Å². The van der Waals surface area contributed by atoms with Gasteiger partial charge in [0.2, 0.25) is 0 Å². The summed E-state index contributed by atoms with van der Waals surface area (Å²) in [5.74, 6) is -0.358. The molecular formula is C15H17NO2S. The van der Waals surface area contributed by atoms with Crippen molar-refractivity contribution >= 4 is 17.3 Å². The van der Waals surface area contributed by atoms with Crippen molar-refractivity contribution in [2.75, 3.05) is 0 Å². The topological polar surface area (TPSA) is 50.2 Å². The third-order valence-corrected chi connectivity index (χ3v) is 4.01.